The molecule has 0 unspecified atom stereocenters. The van der Waals surface area contributed by atoms with Gasteiger partial charge in [0.05, 0.1) is 12.2 Å². The number of carbonyl (C=O) groups excluding carboxylic acids is 2. The molecule has 0 fully saturated rings. The van der Waals surface area contributed by atoms with E-state index < -0.39 is 0 Å². The first kappa shape index (κ1) is 22.7. The molecule has 1 heterocycles. The van der Waals surface area contributed by atoms with Crippen LogP contribution in [0, 0.1) is 13.8 Å². The van der Waals surface area contributed by atoms with Crippen LogP contribution in [0.2, 0.25) is 0 Å². The first-order valence-corrected chi connectivity index (χ1v) is 10.3. The molecule has 7 nitrogen and oxygen atoms in total. The highest BCUT2D eigenvalue weighted by molar-refractivity contribution is 6.10. The van der Waals surface area contributed by atoms with Crippen molar-refractivity contribution in [1.29, 1.82) is 0 Å². The van der Waals surface area contributed by atoms with Crippen molar-refractivity contribution < 1.29 is 9.59 Å². The summed E-state index contributed by atoms with van der Waals surface area (Å²) in [6.45, 7) is 6.26. The number of hydrogen-bond acceptors (Lipinski definition) is 4. The van der Waals surface area contributed by atoms with E-state index in [0.29, 0.717) is 24.6 Å². The zero-order valence-electron chi connectivity index (χ0n) is 18.5. The third kappa shape index (κ3) is 6.50. The molecule has 3 aromatic rings. The van der Waals surface area contributed by atoms with Gasteiger partial charge in [0.25, 0.3) is 5.91 Å². The highest BCUT2D eigenvalue weighted by Gasteiger charge is 2.11. The number of pyridine rings is 1. The van der Waals surface area contributed by atoms with Gasteiger partial charge in [0.1, 0.15) is 0 Å². The van der Waals surface area contributed by atoms with Crippen LogP contribution in [0.4, 0.5) is 5.69 Å². The first-order valence-electron chi connectivity index (χ1n) is 10.3. The first-order chi connectivity index (χ1) is 15.4. The van der Waals surface area contributed by atoms with Crippen LogP contribution in [-0.4, -0.2) is 22.8 Å². The summed E-state index contributed by atoms with van der Waals surface area (Å²) < 4.78 is 0. The van der Waals surface area contributed by atoms with Gasteiger partial charge in [0.15, 0.2) is 0 Å². The molecular formula is C25H27N5O2. The fourth-order valence-electron chi connectivity index (χ4n) is 2.96. The summed E-state index contributed by atoms with van der Waals surface area (Å²) in [5.41, 5.74) is 5.29. The van der Waals surface area contributed by atoms with E-state index in [-0.39, 0.29) is 11.8 Å². The van der Waals surface area contributed by atoms with E-state index >= 15 is 0 Å². The van der Waals surface area contributed by atoms with Crippen LogP contribution in [0.5, 0.6) is 0 Å². The second kappa shape index (κ2) is 10.9. The molecule has 7 heteroatoms. The Kier molecular flexibility index (Phi) is 7.70. The average molecular weight is 430 g/mol. The Morgan fingerprint density at radius 2 is 1.75 bits per heavy atom. The fourth-order valence-corrected chi connectivity index (χ4v) is 2.96. The lowest BCUT2D eigenvalue weighted by molar-refractivity contribution is -0.119. The minimum Gasteiger partial charge on any atom is -0.352 e. The SMILES string of the molecule is CC(=O)NCc1ccc(C(=O)NC(=NCc2ccccn2)Nc2cccc(C)c2C)cc1. The number of benzene rings is 2. The molecule has 1 aromatic heterocycles. The topological polar surface area (TPSA) is 95.5 Å². The Labute approximate surface area is 188 Å². The second-order valence-corrected chi connectivity index (χ2v) is 7.42. The Morgan fingerprint density at radius 1 is 0.969 bits per heavy atom. The molecule has 164 valence electrons. The van der Waals surface area contributed by atoms with Crippen LogP contribution >= 0.6 is 0 Å². The second-order valence-electron chi connectivity index (χ2n) is 7.42. The monoisotopic (exact) mass is 429 g/mol. The molecule has 0 bridgehead atoms. The lowest BCUT2D eigenvalue weighted by Gasteiger charge is -2.15. The number of aromatic nitrogens is 1. The van der Waals surface area contributed by atoms with Crippen molar-refractivity contribution in [3.63, 3.8) is 0 Å². The van der Waals surface area contributed by atoms with Crippen molar-refractivity contribution in [1.82, 2.24) is 15.6 Å². The van der Waals surface area contributed by atoms with Crippen LogP contribution in [0.1, 0.15) is 39.7 Å². The largest absolute Gasteiger partial charge is 0.352 e. The maximum Gasteiger partial charge on any atom is 0.257 e. The lowest BCUT2D eigenvalue weighted by Crippen LogP contribution is -2.36. The number of aryl methyl sites for hydroxylation is 1. The molecular weight excluding hydrogens is 402 g/mol. The minimum atomic E-state index is -0.284. The van der Waals surface area contributed by atoms with Gasteiger partial charge in [-0.25, -0.2) is 4.99 Å². The van der Waals surface area contributed by atoms with Crippen molar-refractivity contribution in [2.24, 2.45) is 4.99 Å². The number of hydrogen-bond donors (Lipinski definition) is 3. The zero-order chi connectivity index (χ0) is 22.9. The summed E-state index contributed by atoms with van der Waals surface area (Å²) in [6, 6.07) is 18.6. The van der Waals surface area contributed by atoms with Crippen molar-refractivity contribution >= 4 is 23.5 Å². The quantitative estimate of drug-likeness (QED) is 0.411. The maximum absolute atomic E-state index is 12.9. The zero-order valence-corrected chi connectivity index (χ0v) is 18.5. The molecule has 0 radical (unpaired) electrons. The molecule has 0 aliphatic carbocycles. The Balaban J connectivity index is 1.77. The molecule has 3 N–H and O–H groups in total. The summed E-state index contributed by atoms with van der Waals surface area (Å²) in [5.74, 6) is -0.0385. The van der Waals surface area contributed by atoms with E-state index in [9.17, 15) is 9.59 Å². The Bertz CT molecular complexity index is 1110. The molecule has 3 rings (SSSR count). The standard InChI is InChI=1S/C25H27N5O2/c1-17-7-6-9-23(18(17)2)29-25(28-16-22-8-4-5-14-26-22)30-24(32)21-12-10-20(11-13-21)15-27-19(3)31/h4-14H,15-16H2,1-3H3,(H,27,31)(H2,28,29,30,32). The van der Waals surface area contributed by atoms with Crippen LogP contribution in [-0.2, 0) is 17.9 Å². The molecule has 2 amide bonds. The maximum atomic E-state index is 12.9. The Morgan fingerprint density at radius 3 is 2.44 bits per heavy atom. The molecule has 0 atom stereocenters. The van der Waals surface area contributed by atoms with E-state index in [4.69, 9.17) is 0 Å². The number of rotatable bonds is 6. The molecule has 0 spiro atoms. The molecule has 0 saturated heterocycles. The predicted octanol–water partition coefficient (Wildman–Crippen LogP) is 3.73. The number of amides is 2. The number of guanidine groups is 1. The highest BCUT2D eigenvalue weighted by Crippen LogP contribution is 2.18. The van der Waals surface area contributed by atoms with Crippen LogP contribution in [0.3, 0.4) is 0 Å². The van der Waals surface area contributed by atoms with Crippen LogP contribution in [0.15, 0.2) is 71.9 Å². The van der Waals surface area contributed by atoms with E-state index in [1.165, 1.54) is 6.92 Å². The van der Waals surface area contributed by atoms with Gasteiger partial charge in [-0.05, 0) is 60.9 Å². The number of carbonyl (C=O) groups is 2. The summed E-state index contributed by atoms with van der Waals surface area (Å²) in [4.78, 5) is 32.8. The molecule has 32 heavy (non-hydrogen) atoms. The normalized spacial score (nSPS) is 11.0. The van der Waals surface area contributed by atoms with E-state index in [1.807, 2.05) is 62.4 Å². The molecule has 0 saturated carbocycles. The van der Waals surface area contributed by atoms with Gasteiger partial charge in [-0.3, -0.25) is 19.9 Å². The Hall–Kier alpha value is -4.00. The molecule has 0 aliphatic rings. The van der Waals surface area contributed by atoms with Gasteiger partial charge < -0.3 is 10.6 Å². The van der Waals surface area contributed by atoms with E-state index in [0.717, 1.165) is 28.1 Å². The van der Waals surface area contributed by atoms with Crippen molar-refractivity contribution in [2.45, 2.75) is 33.9 Å². The summed E-state index contributed by atoms with van der Waals surface area (Å²) in [5, 5.41) is 8.85. The van der Waals surface area contributed by atoms with Gasteiger partial charge in [0.2, 0.25) is 11.9 Å². The lowest BCUT2D eigenvalue weighted by atomic mass is 10.1. The van der Waals surface area contributed by atoms with Gasteiger partial charge in [-0.2, -0.15) is 0 Å². The van der Waals surface area contributed by atoms with Crippen LogP contribution < -0.4 is 16.0 Å². The number of nitrogens with zero attached hydrogens (tertiary/aromatic N) is 2. The summed E-state index contributed by atoms with van der Waals surface area (Å²) >= 11 is 0. The van der Waals surface area contributed by atoms with Gasteiger partial charge >= 0.3 is 0 Å². The summed E-state index contributed by atoms with van der Waals surface area (Å²) in [6.07, 6.45) is 1.71. The summed E-state index contributed by atoms with van der Waals surface area (Å²) in [7, 11) is 0. The van der Waals surface area contributed by atoms with Gasteiger partial charge in [-0.1, -0.05) is 30.3 Å². The average Bonchev–Trinajstić information content (AvgIpc) is 2.80. The predicted molar refractivity (Wildman–Crippen MR) is 126 cm³/mol. The number of anilines is 1. The van der Waals surface area contributed by atoms with Gasteiger partial charge in [-0.15, -0.1) is 0 Å². The minimum absolute atomic E-state index is 0.0990. The third-order valence-electron chi connectivity index (χ3n) is 4.97. The number of aliphatic imine (C=N–C) groups is 1. The smallest absolute Gasteiger partial charge is 0.257 e. The highest BCUT2D eigenvalue weighted by atomic mass is 16.2. The van der Waals surface area contributed by atoms with Crippen molar-refractivity contribution in [3.05, 3.63) is 94.8 Å². The van der Waals surface area contributed by atoms with E-state index in [2.05, 4.69) is 25.9 Å². The fraction of sp³-hybridized carbons (Fsp3) is 0.200. The van der Waals surface area contributed by atoms with Gasteiger partial charge in [0, 0.05) is 30.9 Å². The van der Waals surface area contributed by atoms with Crippen LogP contribution in [0.25, 0.3) is 0 Å². The van der Waals surface area contributed by atoms with Crippen molar-refractivity contribution in [3.8, 4) is 0 Å². The molecule has 0 aliphatic heterocycles. The number of nitrogens with one attached hydrogen (secondary N) is 3. The third-order valence-corrected chi connectivity index (χ3v) is 4.97. The van der Waals surface area contributed by atoms with E-state index in [1.54, 1.807) is 18.3 Å². The molecule has 2 aromatic carbocycles. The van der Waals surface area contributed by atoms with Crippen molar-refractivity contribution in [2.75, 3.05) is 5.32 Å².